The number of aromatic hydroxyl groups is 1. The van der Waals surface area contributed by atoms with Gasteiger partial charge in [0.05, 0.1) is 26.6 Å². The maximum Gasteiger partial charge on any atom is 0.337 e. The Labute approximate surface area is 254 Å². The number of carboxylic acid groups (broad SMARTS) is 2. The van der Waals surface area contributed by atoms with Crippen LogP contribution in [0.2, 0.25) is 0 Å². The number of rotatable bonds is 5. The lowest BCUT2D eigenvalue weighted by molar-refractivity contribution is 0.0687. The molecular weight excluding hydrogens is 664 g/mol. The van der Waals surface area contributed by atoms with Crippen LogP contribution in [-0.4, -0.2) is 66.2 Å². The predicted molar refractivity (Wildman–Crippen MR) is 160 cm³/mol. The van der Waals surface area contributed by atoms with E-state index in [9.17, 15) is 39.9 Å². The van der Waals surface area contributed by atoms with Gasteiger partial charge in [-0.15, -0.1) is 0 Å². The lowest BCUT2D eigenvalue weighted by atomic mass is 10.1. The lowest BCUT2D eigenvalue weighted by Gasteiger charge is -2.09. The Morgan fingerprint density at radius 3 is 1.53 bits per heavy atom. The molecule has 0 spiro atoms. The summed E-state index contributed by atoms with van der Waals surface area (Å²) in [5, 5.41) is 26.9. The van der Waals surface area contributed by atoms with Gasteiger partial charge in [0.2, 0.25) is 0 Å². The molecule has 45 heavy (non-hydrogen) atoms. The fourth-order valence-corrected chi connectivity index (χ4v) is 5.07. The smallest absolute Gasteiger partial charge is 0.337 e. The minimum absolute atomic E-state index is 0.0283. The molecule has 0 fully saturated rings. The van der Waals surface area contributed by atoms with Crippen molar-refractivity contribution in [2.45, 2.75) is 14.7 Å². The number of carbonyl (C=O) groups is 2. The first-order chi connectivity index (χ1) is 20.4. The van der Waals surface area contributed by atoms with Crippen molar-refractivity contribution in [2.24, 2.45) is 0 Å². The van der Waals surface area contributed by atoms with Crippen molar-refractivity contribution in [1.29, 1.82) is 0 Å². The summed E-state index contributed by atoms with van der Waals surface area (Å²) in [7, 11) is -13.5. The lowest BCUT2D eigenvalue weighted by Crippen LogP contribution is -2.05. The molecule has 4 aromatic rings. The Bertz CT molecular complexity index is 2150. The van der Waals surface area contributed by atoms with Gasteiger partial charge in [-0.2, -0.15) is 25.3 Å². The van der Waals surface area contributed by atoms with Crippen molar-refractivity contribution in [3.8, 4) is 5.75 Å². The molecule has 0 bridgehead atoms. The number of nitrogen functional groups attached to an aromatic ring is 4. The second kappa shape index (κ2) is 13.2. The monoisotopic (exact) mass is 688 g/mol. The topological polar surface area (TPSA) is 362 Å². The number of nitrogens with two attached hydrogens (primary N) is 4. The fraction of sp³-hybridized carbons (Fsp3) is 0. The van der Waals surface area contributed by atoms with Gasteiger partial charge in [-0.05, 0) is 66.0 Å². The summed E-state index contributed by atoms with van der Waals surface area (Å²) < 4.78 is 92.0. The summed E-state index contributed by atoms with van der Waals surface area (Å²) in [5.74, 6) is -2.93. The van der Waals surface area contributed by atoms with E-state index in [2.05, 4.69) is 0 Å². The molecule has 0 atom stereocenters. The van der Waals surface area contributed by atoms with Gasteiger partial charge < -0.3 is 38.3 Å². The van der Waals surface area contributed by atoms with Gasteiger partial charge in [-0.1, -0.05) is 0 Å². The molecular formula is C24H24N4O14S3. The Hall–Kier alpha value is -5.19. The maximum atomic E-state index is 11.1. The number of phenols is 1. The zero-order valence-electron chi connectivity index (χ0n) is 22.3. The molecule has 0 aliphatic heterocycles. The number of benzene rings is 4. The van der Waals surface area contributed by atoms with Gasteiger partial charge in [0.1, 0.15) is 10.6 Å². The highest BCUT2D eigenvalue weighted by Gasteiger charge is 2.21. The van der Waals surface area contributed by atoms with Crippen molar-refractivity contribution in [1.82, 2.24) is 0 Å². The third-order valence-corrected chi connectivity index (χ3v) is 8.11. The van der Waals surface area contributed by atoms with Gasteiger partial charge >= 0.3 is 11.9 Å². The molecule has 242 valence electrons. The molecule has 0 unspecified atom stereocenters. The van der Waals surface area contributed by atoms with E-state index in [4.69, 9.17) is 46.8 Å². The molecule has 14 N–H and O–H groups in total. The molecule has 0 saturated carbocycles. The number of aromatic carboxylic acids is 2. The maximum absolute atomic E-state index is 11.1. The van der Waals surface area contributed by atoms with Gasteiger partial charge in [-0.3, -0.25) is 13.7 Å². The second-order valence-corrected chi connectivity index (χ2v) is 12.9. The molecule has 0 aliphatic rings. The van der Waals surface area contributed by atoms with Crippen LogP contribution in [0.5, 0.6) is 5.75 Å². The van der Waals surface area contributed by atoms with Crippen molar-refractivity contribution >= 4 is 75.8 Å². The van der Waals surface area contributed by atoms with E-state index in [-0.39, 0.29) is 33.3 Å². The van der Waals surface area contributed by atoms with Crippen molar-refractivity contribution in [2.75, 3.05) is 22.9 Å². The summed E-state index contributed by atoms with van der Waals surface area (Å²) in [6.45, 7) is 0. The first-order valence-corrected chi connectivity index (χ1v) is 15.8. The molecule has 0 aliphatic carbocycles. The second-order valence-electron chi connectivity index (χ2n) is 8.65. The van der Waals surface area contributed by atoms with Crippen LogP contribution in [0.25, 0.3) is 10.8 Å². The van der Waals surface area contributed by atoms with E-state index in [1.165, 1.54) is 12.1 Å². The van der Waals surface area contributed by atoms with Crippen LogP contribution < -0.4 is 22.9 Å². The van der Waals surface area contributed by atoms with Gasteiger partial charge in [0.15, 0.2) is 0 Å². The Kier molecular flexibility index (Phi) is 10.6. The zero-order valence-corrected chi connectivity index (χ0v) is 24.7. The number of carboxylic acids is 2. The molecule has 4 rings (SSSR count). The number of anilines is 4. The van der Waals surface area contributed by atoms with Crippen molar-refractivity contribution in [3.63, 3.8) is 0 Å². The van der Waals surface area contributed by atoms with E-state index < -0.39 is 68.4 Å². The summed E-state index contributed by atoms with van der Waals surface area (Å²) in [6.07, 6.45) is 0. The molecule has 0 amide bonds. The summed E-state index contributed by atoms with van der Waals surface area (Å²) in [6, 6.07) is 11.2. The highest BCUT2D eigenvalue weighted by atomic mass is 32.2. The van der Waals surface area contributed by atoms with E-state index >= 15 is 0 Å². The first kappa shape index (κ1) is 36.0. The average molecular weight is 689 g/mol. The van der Waals surface area contributed by atoms with Crippen LogP contribution >= 0.6 is 0 Å². The van der Waals surface area contributed by atoms with Crippen LogP contribution in [0.3, 0.4) is 0 Å². The standard InChI is InChI=1S/C10H9NO7S2.C7H8N2O2.C7H7NO5S/c11-9-8(20(16,17)18)4-5-3-6(19(13,14)15)1-2-7(5)10(9)12;8-4-1-2-6(9)5(3-4)7(10)11;8-6-3-4(14(11,12)13)1-2-5(6)7(9)10/h1-4,12H,11H2,(H,13,14,15)(H,16,17,18);1-3H,8-9H2,(H,10,11);1-3H,8H2,(H,9,10)(H,11,12,13). The number of fused-ring (bicyclic) bond motifs is 1. The Balaban J connectivity index is 0.000000248. The van der Waals surface area contributed by atoms with Crippen LogP contribution in [0.15, 0.2) is 75.4 Å². The third kappa shape index (κ3) is 9.15. The quantitative estimate of drug-likeness (QED) is 0.0803. The summed E-state index contributed by atoms with van der Waals surface area (Å²) in [4.78, 5) is 19.3. The van der Waals surface area contributed by atoms with Crippen LogP contribution in [0.4, 0.5) is 22.7 Å². The van der Waals surface area contributed by atoms with Crippen molar-refractivity contribution < 1.29 is 63.8 Å². The van der Waals surface area contributed by atoms with E-state index in [1.807, 2.05) is 0 Å². The van der Waals surface area contributed by atoms with Crippen LogP contribution in [0.1, 0.15) is 20.7 Å². The van der Waals surface area contributed by atoms with Crippen LogP contribution in [-0.2, 0) is 30.4 Å². The fourth-order valence-electron chi connectivity index (χ4n) is 3.39. The Morgan fingerprint density at radius 1 is 0.578 bits per heavy atom. The third-order valence-electron chi connectivity index (χ3n) is 5.52. The van der Waals surface area contributed by atoms with Crippen molar-refractivity contribution in [3.05, 3.63) is 71.8 Å². The highest BCUT2D eigenvalue weighted by molar-refractivity contribution is 7.86. The van der Waals surface area contributed by atoms with E-state index in [1.54, 1.807) is 6.07 Å². The number of phenolic OH excluding ortho intramolecular Hbond substituents is 1. The minimum atomic E-state index is -4.69. The van der Waals surface area contributed by atoms with Gasteiger partial charge in [-0.25, -0.2) is 9.59 Å². The molecule has 0 heterocycles. The highest BCUT2D eigenvalue weighted by Crippen LogP contribution is 2.37. The van der Waals surface area contributed by atoms with Crippen LogP contribution in [0, 0.1) is 0 Å². The molecule has 0 saturated heterocycles. The number of hydrogen-bond acceptors (Lipinski definition) is 13. The molecule has 0 aromatic heterocycles. The normalized spacial score (nSPS) is 11.4. The minimum Gasteiger partial charge on any atom is -0.505 e. The Morgan fingerprint density at radius 2 is 1.09 bits per heavy atom. The first-order valence-electron chi connectivity index (χ1n) is 11.4. The van der Waals surface area contributed by atoms with E-state index in [0.29, 0.717) is 5.69 Å². The number of hydrogen-bond donors (Lipinski definition) is 10. The molecule has 0 radical (unpaired) electrons. The average Bonchev–Trinajstić information content (AvgIpc) is 2.90. The predicted octanol–water partition coefficient (Wildman–Crippen LogP) is 1.38. The largest absolute Gasteiger partial charge is 0.505 e. The van der Waals surface area contributed by atoms with Gasteiger partial charge in [0, 0.05) is 22.4 Å². The summed E-state index contributed by atoms with van der Waals surface area (Å²) in [5.41, 5.74) is 21.1. The summed E-state index contributed by atoms with van der Waals surface area (Å²) >= 11 is 0. The molecule has 21 heteroatoms. The van der Waals surface area contributed by atoms with E-state index in [0.717, 1.165) is 42.5 Å². The SMILES string of the molecule is Nc1c(S(=O)(=O)O)cc2cc(S(=O)(=O)O)ccc2c1O.Nc1cc(S(=O)(=O)O)ccc1C(=O)O.Nc1ccc(N)c(C(=O)O)c1. The zero-order chi connectivity index (χ0) is 34.7. The molecule has 18 nitrogen and oxygen atoms in total. The molecule has 4 aromatic carbocycles. The van der Waals surface area contributed by atoms with Gasteiger partial charge in [0.25, 0.3) is 30.4 Å².